The van der Waals surface area contributed by atoms with Crippen molar-refractivity contribution in [1.29, 1.82) is 0 Å². The Kier molecular flexibility index (Phi) is 6.09. The van der Waals surface area contributed by atoms with Crippen molar-refractivity contribution in [3.63, 3.8) is 0 Å². The molecule has 0 aromatic heterocycles. The highest BCUT2D eigenvalue weighted by Crippen LogP contribution is 2.19. The maximum atomic E-state index is 12.2. The number of carbonyl (C=O) groups is 2. The van der Waals surface area contributed by atoms with Crippen LogP contribution < -0.4 is 4.72 Å². The highest BCUT2D eigenvalue weighted by Gasteiger charge is 2.12. The fourth-order valence-electron chi connectivity index (χ4n) is 2.67. The highest BCUT2D eigenvalue weighted by molar-refractivity contribution is 7.92. The van der Waals surface area contributed by atoms with E-state index in [2.05, 4.69) is 4.72 Å². The van der Waals surface area contributed by atoms with E-state index in [4.69, 9.17) is 4.74 Å². The lowest BCUT2D eigenvalue weighted by molar-refractivity contribution is 0.0475. The lowest BCUT2D eigenvalue weighted by Gasteiger charge is -2.07. The molecule has 1 N–H and O–H groups in total. The summed E-state index contributed by atoms with van der Waals surface area (Å²) in [5.41, 5.74) is 3.03. The Balaban J connectivity index is 1.58. The molecule has 0 saturated carbocycles. The number of benzene rings is 3. The van der Waals surface area contributed by atoms with Crippen molar-refractivity contribution in [1.82, 2.24) is 0 Å². The zero-order valence-electron chi connectivity index (χ0n) is 15.7. The first-order chi connectivity index (χ1) is 13.8. The van der Waals surface area contributed by atoms with E-state index in [1.807, 2.05) is 42.5 Å². The molecule has 29 heavy (non-hydrogen) atoms. The molecule has 6 nitrogen and oxygen atoms in total. The van der Waals surface area contributed by atoms with Gasteiger partial charge in [-0.1, -0.05) is 42.5 Å². The predicted octanol–water partition coefficient (Wildman–Crippen LogP) is 3.76. The van der Waals surface area contributed by atoms with Crippen LogP contribution in [0.25, 0.3) is 11.1 Å². The number of hydrogen-bond donors (Lipinski definition) is 1. The molecule has 0 heterocycles. The molecule has 0 aliphatic heterocycles. The number of hydrogen-bond acceptors (Lipinski definition) is 5. The van der Waals surface area contributed by atoms with Gasteiger partial charge in [0.1, 0.15) is 0 Å². The van der Waals surface area contributed by atoms with E-state index in [-0.39, 0.29) is 5.78 Å². The van der Waals surface area contributed by atoms with Gasteiger partial charge >= 0.3 is 5.97 Å². The Hall–Kier alpha value is -3.45. The minimum absolute atomic E-state index is 0.316. The summed E-state index contributed by atoms with van der Waals surface area (Å²) < 4.78 is 29.8. The number of esters is 1. The quantitative estimate of drug-likeness (QED) is 0.474. The number of carbonyl (C=O) groups excluding carboxylic acids is 2. The molecule has 0 aliphatic rings. The molecule has 3 rings (SSSR count). The second kappa shape index (κ2) is 8.70. The van der Waals surface area contributed by atoms with Crippen molar-refractivity contribution < 1.29 is 22.7 Å². The second-order valence-electron chi connectivity index (χ2n) is 6.39. The molecular weight excluding hydrogens is 390 g/mol. The standard InChI is InChI=1S/C22H19NO5S/c1-29(26,27)23-20-13-11-18(12-14-20)21(24)15-28-22(25)19-9-7-17(8-10-19)16-5-3-2-4-6-16/h2-14,23H,15H2,1H3. The van der Waals surface area contributed by atoms with Crippen LogP contribution in [-0.4, -0.2) is 33.0 Å². The number of rotatable bonds is 7. The minimum Gasteiger partial charge on any atom is -0.454 e. The van der Waals surface area contributed by atoms with Crippen LogP contribution >= 0.6 is 0 Å². The molecular formula is C22H19NO5S. The summed E-state index contributed by atoms with van der Waals surface area (Å²) in [5, 5.41) is 0. The minimum atomic E-state index is -3.39. The van der Waals surface area contributed by atoms with Crippen molar-refractivity contribution in [3.8, 4) is 11.1 Å². The normalized spacial score (nSPS) is 10.9. The van der Waals surface area contributed by atoms with Crippen LogP contribution in [0.1, 0.15) is 20.7 Å². The van der Waals surface area contributed by atoms with E-state index in [1.54, 1.807) is 12.1 Å². The van der Waals surface area contributed by atoms with Gasteiger partial charge in [-0.2, -0.15) is 0 Å². The third-order valence-electron chi connectivity index (χ3n) is 4.07. The van der Waals surface area contributed by atoms with E-state index in [1.165, 1.54) is 24.3 Å². The number of anilines is 1. The van der Waals surface area contributed by atoms with Gasteiger partial charge in [-0.25, -0.2) is 13.2 Å². The molecule has 0 fully saturated rings. The third kappa shape index (κ3) is 5.76. The maximum absolute atomic E-state index is 12.2. The first-order valence-electron chi connectivity index (χ1n) is 8.75. The Bertz CT molecular complexity index is 1110. The summed E-state index contributed by atoms with van der Waals surface area (Å²) in [6.45, 7) is -0.405. The van der Waals surface area contributed by atoms with Gasteiger partial charge in [-0.15, -0.1) is 0 Å². The summed E-state index contributed by atoms with van der Waals surface area (Å²) >= 11 is 0. The third-order valence-corrected chi connectivity index (χ3v) is 4.68. The Morgan fingerprint density at radius 1 is 0.793 bits per heavy atom. The van der Waals surface area contributed by atoms with E-state index in [9.17, 15) is 18.0 Å². The molecule has 3 aromatic carbocycles. The summed E-state index contributed by atoms with van der Waals surface area (Å²) in [5.74, 6) is -0.974. The maximum Gasteiger partial charge on any atom is 0.338 e. The molecule has 148 valence electrons. The van der Waals surface area contributed by atoms with Gasteiger partial charge in [0.25, 0.3) is 0 Å². The lowest BCUT2D eigenvalue weighted by Crippen LogP contribution is -2.14. The van der Waals surface area contributed by atoms with Gasteiger partial charge in [0.05, 0.1) is 11.8 Å². The monoisotopic (exact) mass is 409 g/mol. The summed E-state index contributed by atoms with van der Waals surface area (Å²) in [7, 11) is -3.39. The molecule has 0 radical (unpaired) electrons. The van der Waals surface area contributed by atoms with Crippen LogP contribution in [0.15, 0.2) is 78.9 Å². The molecule has 0 spiro atoms. The molecule has 0 unspecified atom stereocenters. The van der Waals surface area contributed by atoms with E-state index >= 15 is 0 Å². The lowest BCUT2D eigenvalue weighted by atomic mass is 10.0. The van der Waals surface area contributed by atoms with Gasteiger partial charge in [0, 0.05) is 11.3 Å². The van der Waals surface area contributed by atoms with Gasteiger partial charge in [0.15, 0.2) is 12.4 Å². The highest BCUT2D eigenvalue weighted by atomic mass is 32.2. The van der Waals surface area contributed by atoms with Gasteiger partial charge in [0.2, 0.25) is 10.0 Å². The summed E-state index contributed by atoms with van der Waals surface area (Å²) in [6.07, 6.45) is 1.04. The van der Waals surface area contributed by atoms with E-state index in [0.29, 0.717) is 16.8 Å². The number of Topliss-reactive ketones (excluding diaryl/α,β-unsaturated/α-hetero) is 1. The van der Waals surface area contributed by atoms with Crippen molar-refractivity contribution in [2.45, 2.75) is 0 Å². The topological polar surface area (TPSA) is 89.5 Å². The van der Waals surface area contributed by atoms with E-state index in [0.717, 1.165) is 17.4 Å². The number of ketones is 1. The fraction of sp³-hybridized carbons (Fsp3) is 0.0909. The fourth-order valence-corrected chi connectivity index (χ4v) is 3.23. The molecule has 0 atom stereocenters. The van der Waals surface area contributed by atoms with Crippen LogP contribution in [0, 0.1) is 0 Å². The van der Waals surface area contributed by atoms with E-state index < -0.39 is 22.6 Å². The largest absolute Gasteiger partial charge is 0.454 e. The zero-order valence-corrected chi connectivity index (χ0v) is 16.5. The van der Waals surface area contributed by atoms with Gasteiger partial charge < -0.3 is 4.74 Å². The Labute approximate surface area is 169 Å². The molecule has 3 aromatic rings. The Morgan fingerprint density at radius 2 is 1.34 bits per heavy atom. The summed E-state index contributed by atoms with van der Waals surface area (Å²) in [4.78, 5) is 24.4. The second-order valence-corrected chi connectivity index (χ2v) is 8.14. The van der Waals surface area contributed by atoms with Gasteiger partial charge in [-0.3, -0.25) is 9.52 Å². The smallest absolute Gasteiger partial charge is 0.338 e. The summed E-state index contributed by atoms with van der Waals surface area (Å²) in [6, 6.07) is 22.6. The van der Waals surface area contributed by atoms with Crippen molar-refractivity contribution in [2.75, 3.05) is 17.6 Å². The first kappa shape index (κ1) is 20.3. The number of nitrogens with one attached hydrogen (secondary N) is 1. The number of sulfonamides is 1. The molecule has 0 saturated heterocycles. The molecule has 7 heteroatoms. The number of ether oxygens (including phenoxy) is 1. The molecule has 0 bridgehead atoms. The van der Waals surface area contributed by atoms with Crippen molar-refractivity contribution in [2.24, 2.45) is 0 Å². The van der Waals surface area contributed by atoms with Crippen LogP contribution in [0.5, 0.6) is 0 Å². The average molecular weight is 409 g/mol. The van der Waals surface area contributed by atoms with Gasteiger partial charge in [-0.05, 0) is 47.5 Å². The predicted molar refractivity (Wildman–Crippen MR) is 111 cm³/mol. The zero-order chi connectivity index (χ0) is 20.9. The molecule has 0 amide bonds. The van der Waals surface area contributed by atoms with Crippen molar-refractivity contribution in [3.05, 3.63) is 90.0 Å². The Morgan fingerprint density at radius 3 is 1.93 bits per heavy atom. The molecule has 0 aliphatic carbocycles. The average Bonchev–Trinajstić information content (AvgIpc) is 2.72. The van der Waals surface area contributed by atoms with Crippen LogP contribution in [0.4, 0.5) is 5.69 Å². The van der Waals surface area contributed by atoms with Crippen molar-refractivity contribution >= 4 is 27.5 Å². The van der Waals surface area contributed by atoms with Crippen LogP contribution in [0.2, 0.25) is 0 Å². The first-order valence-corrected chi connectivity index (χ1v) is 10.6. The van der Waals surface area contributed by atoms with Crippen LogP contribution in [0.3, 0.4) is 0 Å². The van der Waals surface area contributed by atoms with Crippen LogP contribution in [-0.2, 0) is 14.8 Å². The SMILES string of the molecule is CS(=O)(=O)Nc1ccc(C(=O)COC(=O)c2ccc(-c3ccccc3)cc2)cc1.